The van der Waals surface area contributed by atoms with Gasteiger partial charge >= 0.3 is 13.7 Å². The van der Waals surface area contributed by atoms with E-state index in [1.165, 1.54) is 31.3 Å². The Hall–Kier alpha value is -2.45. The first kappa shape index (κ1) is 29.1. The summed E-state index contributed by atoms with van der Waals surface area (Å²) in [5.74, 6) is -3.66. The maximum Gasteiger partial charge on any atom is 0.459 e. The van der Waals surface area contributed by atoms with E-state index in [-0.39, 0.29) is 16.3 Å². The second-order valence-electron chi connectivity index (χ2n) is 8.94. The normalized spacial score (nSPS) is 28.0. The number of para-hydroxylation sites is 1. The van der Waals surface area contributed by atoms with Crippen molar-refractivity contribution < 1.29 is 42.5 Å². The van der Waals surface area contributed by atoms with Crippen LogP contribution < -0.4 is 15.3 Å². The SMILES string of the molecule is CC(C)OC(=O)[C@H](C)NP(=O)(OC[C@@]1(F)O[C@@H](n2ccc(N)nc2=S)[C@](C)(O)C1O)Oc1ccccc1. The van der Waals surface area contributed by atoms with Crippen LogP contribution in [0.5, 0.6) is 5.75 Å². The van der Waals surface area contributed by atoms with Crippen molar-refractivity contribution in [3.63, 3.8) is 0 Å². The van der Waals surface area contributed by atoms with Gasteiger partial charge in [0, 0.05) is 6.20 Å². The molecule has 3 rings (SSSR count). The molecule has 1 aromatic carbocycles. The van der Waals surface area contributed by atoms with Crippen molar-refractivity contribution >= 4 is 31.8 Å². The number of carbonyl (C=O) groups is 1. The largest absolute Gasteiger partial charge is 0.462 e. The summed E-state index contributed by atoms with van der Waals surface area (Å²) >= 11 is 5.12. The first-order valence-corrected chi connectivity index (χ1v) is 13.2. The van der Waals surface area contributed by atoms with Crippen molar-refractivity contribution in [3.8, 4) is 5.75 Å². The molecular weight excluding hydrogens is 530 g/mol. The van der Waals surface area contributed by atoms with Crippen molar-refractivity contribution in [2.45, 2.75) is 63.6 Å². The Labute approximate surface area is 218 Å². The lowest BCUT2D eigenvalue weighted by Crippen LogP contribution is -2.49. The number of aliphatic hydroxyl groups excluding tert-OH is 1. The Morgan fingerprint density at radius 2 is 2.00 bits per heavy atom. The Balaban J connectivity index is 1.85. The molecule has 0 amide bonds. The molecule has 15 heteroatoms. The molecule has 1 aromatic heterocycles. The van der Waals surface area contributed by atoms with Crippen LogP contribution >= 0.6 is 20.0 Å². The number of nitrogens with two attached hydrogens (primary N) is 1. The number of aromatic nitrogens is 2. The highest BCUT2D eigenvalue weighted by Crippen LogP contribution is 2.50. The van der Waals surface area contributed by atoms with Gasteiger partial charge in [0.15, 0.2) is 6.23 Å². The lowest BCUT2D eigenvalue weighted by atomic mass is 9.95. The summed E-state index contributed by atoms with van der Waals surface area (Å²) in [6.07, 6.45) is -2.86. The van der Waals surface area contributed by atoms with Crippen LogP contribution in [0.4, 0.5) is 10.2 Å². The minimum atomic E-state index is -4.49. The van der Waals surface area contributed by atoms with Gasteiger partial charge in [0.1, 0.15) is 35.9 Å². The second-order valence-corrected chi connectivity index (χ2v) is 11.0. The lowest BCUT2D eigenvalue weighted by molar-refractivity contribution is -0.203. The number of halogens is 1. The predicted molar refractivity (Wildman–Crippen MR) is 133 cm³/mol. The van der Waals surface area contributed by atoms with E-state index in [0.717, 1.165) is 11.5 Å². The van der Waals surface area contributed by atoms with Gasteiger partial charge in [-0.3, -0.25) is 13.9 Å². The van der Waals surface area contributed by atoms with Gasteiger partial charge in [-0.25, -0.2) is 13.9 Å². The standard InChI is InChI=1S/C22H30FN4O8PS/c1-13(2)33-17(28)14(3)26-36(31,35-15-8-6-5-7-9-15)32-12-22(23)18(29)21(4,30)19(34-22)27-11-10-16(24)25-20(27)37/h5-11,13-14,18-19,29-30H,12H2,1-4H3,(H,26,31)(H2,24,25,37)/t14-,18?,19+,21+,22+,36?/m0/s1. The number of alkyl halides is 1. The molecule has 2 unspecified atom stereocenters. The molecule has 0 aliphatic carbocycles. The number of rotatable bonds is 10. The second kappa shape index (κ2) is 11.1. The van der Waals surface area contributed by atoms with Gasteiger partial charge in [-0.15, -0.1) is 0 Å². The molecule has 0 bridgehead atoms. The quantitative estimate of drug-likeness (QED) is 0.191. The number of aliphatic hydroxyl groups is 2. The van der Waals surface area contributed by atoms with E-state index in [0.29, 0.717) is 0 Å². The Morgan fingerprint density at radius 3 is 2.59 bits per heavy atom. The fourth-order valence-corrected chi connectivity index (χ4v) is 5.27. The van der Waals surface area contributed by atoms with E-state index in [9.17, 15) is 19.6 Å². The molecule has 5 N–H and O–H groups in total. The van der Waals surface area contributed by atoms with E-state index >= 15 is 4.39 Å². The monoisotopic (exact) mass is 560 g/mol. The minimum Gasteiger partial charge on any atom is -0.462 e. The molecule has 37 heavy (non-hydrogen) atoms. The van der Waals surface area contributed by atoms with Gasteiger partial charge in [0.25, 0.3) is 5.85 Å². The molecular formula is C22H30FN4O8PS. The first-order valence-electron chi connectivity index (χ1n) is 11.3. The molecule has 1 aliphatic heterocycles. The highest BCUT2D eigenvalue weighted by molar-refractivity contribution is 7.71. The maximum absolute atomic E-state index is 15.9. The van der Waals surface area contributed by atoms with E-state index in [1.807, 2.05) is 0 Å². The summed E-state index contributed by atoms with van der Waals surface area (Å²) < 4.78 is 51.8. The third-order valence-electron chi connectivity index (χ3n) is 5.33. The average Bonchev–Trinajstić information content (AvgIpc) is 2.98. The van der Waals surface area contributed by atoms with Gasteiger partial charge in [-0.05, 0) is 58.1 Å². The molecule has 1 fully saturated rings. The van der Waals surface area contributed by atoms with Crippen LogP contribution in [-0.2, 0) is 23.4 Å². The third-order valence-corrected chi connectivity index (χ3v) is 7.26. The number of carbonyl (C=O) groups excluding carboxylic acids is 1. The van der Waals surface area contributed by atoms with Gasteiger partial charge in [-0.1, -0.05) is 18.2 Å². The molecule has 1 saturated heterocycles. The van der Waals surface area contributed by atoms with E-state index < -0.39 is 56.3 Å². The van der Waals surface area contributed by atoms with Crippen LogP contribution in [0.1, 0.15) is 33.9 Å². The zero-order chi connectivity index (χ0) is 27.6. The Morgan fingerprint density at radius 1 is 1.35 bits per heavy atom. The van der Waals surface area contributed by atoms with Crippen molar-refractivity contribution in [1.82, 2.24) is 14.6 Å². The predicted octanol–water partition coefficient (Wildman–Crippen LogP) is 2.63. The van der Waals surface area contributed by atoms with Crippen molar-refractivity contribution in [3.05, 3.63) is 47.4 Å². The minimum absolute atomic E-state index is 0.0875. The van der Waals surface area contributed by atoms with Crippen LogP contribution in [-0.4, -0.2) is 62.0 Å². The van der Waals surface area contributed by atoms with Gasteiger partial charge < -0.3 is 29.9 Å². The number of esters is 1. The molecule has 12 nitrogen and oxygen atoms in total. The zero-order valence-corrected chi connectivity index (χ0v) is 22.3. The fourth-order valence-electron chi connectivity index (χ4n) is 3.50. The topological polar surface area (TPSA) is 167 Å². The molecule has 2 heterocycles. The van der Waals surface area contributed by atoms with Crippen molar-refractivity contribution in [2.75, 3.05) is 12.3 Å². The summed E-state index contributed by atoms with van der Waals surface area (Å²) in [6, 6.07) is 7.99. The van der Waals surface area contributed by atoms with Crippen molar-refractivity contribution in [1.29, 1.82) is 0 Å². The maximum atomic E-state index is 15.9. The molecule has 0 spiro atoms. The van der Waals surface area contributed by atoms with E-state index in [4.69, 9.17) is 36.5 Å². The van der Waals surface area contributed by atoms with Gasteiger partial charge in [0.2, 0.25) is 4.77 Å². The summed E-state index contributed by atoms with van der Waals surface area (Å²) in [6.45, 7) is 4.59. The van der Waals surface area contributed by atoms with Gasteiger partial charge in [0.05, 0.1) is 6.10 Å². The number of anilines is 1. The number of hydrogen-bond donors (Lipinski definition) is 4. The summed E-state index contributed by atoms with van der Waals surface area (Å²) in [4.78, 5) is 16.2. The fraction of sp³-hybridized carbons (Fsp3) is 0.500. The molecule has 0 radical (unpaired) electrons. The number of ether oxygens (including phenoxy) is 2. The zero-order valence-electron chi connectivity index (χ0n) is 20.6. The molecule has 0 saturated carbocycles. The number of hydrogen-bond acceptors (Lipinski definition) is 11. The molecule has 204 valence electrons. The Bertz CT molecular complexity index is 1220. The van der Waals surface area contributed by atoms with Crippen LogP contribution in [0.3, 0.4) is 0 Å². The third kappa shape index (κ3) is 6.71. The average molecular weight is 561 g/mol. The van der Waals surface area contributed by atoms with Crippen molar-refractivity contribution in [2.24, 2.45) is 0 Å². The van der Waals surface area contributed by atoms with Crippen LogP contribution in [0.2, 0.25) is 0 Å². The summed E-state index contributed by atoms with van der Waals surface area (Å²) in [5.41, 5.74) is 3.38. The lowest BCUT2D eigenvalue weighted by Gasteiger charge is -2.29. The van der Waals surface area contributed by atoms with Crippen LogP contribution in [0.15, 0.2) is 42.6 Å². The summed E-state index contributed by atoms with van der Waals surface area (Å²) in [7, 11) is -4.49. The smallest absolute Gasteiger partial charge is 0.459 e. The van der Waals surface area contributed by atoms with E-state index in [1.54, 1.807) is 32.0 Å². The number of nitrogens with one attached hydrogen (secondary N) is 1. The highest BCUT2D eigenvalue weighted by atomic mass is 32.1. The van der Waals surface area contributed by atoms with Crippen LogP contribution in [0.25, 0.3) is 0 Å². The van der Waals surface area contributed by atoms with Gasteiger partial charge in [-0.2, -0.15) is 5.09 Å². The summed E-state index contributed by atoms with van der Waals surface area (Å²) in [5, 5.41) is 24.0. The molecule has 2 aromatic rings. The Kier molecular flexibility index (Phi) is 8.75. The highest BCUT2D eigenvalue weighted by Gasteiger charge is 2.63. The number of benzene rings is 1. The molecule has 6 atom stereocenters. The number of nitrogen functional groups attached to an aromatic ring is 1. The number of nitrogens with zero attached hydrogens (tertiary/aromatic N) is 2. The molecule has 1 aliphatic rings. The first-order chi connectivity index (χ1) is 17.2. The van der Waals surface area contributed by atoms with Crippen LogP contribution in [0, 0.1) is 4.77 Å². The van der Waals surface area contributed by atoms with E-state index in [2.05, 4.69) is 10.1 Å².